The van der Waals surface area contributed by atoms with Gasteiger partial charge < -0.3 is 0 Å². The Labute approximate surface area is 150 Å². The van der Waals surface area contributed by atoms with Crippen LogP contribution >= 0.6 is 39.3 Å². The van der Waals surface area contributed by atoms with Crippen molar-refractivity contribution >= 4 is 51.1 Å². The predicted molar refractivity (Wildman–Crippen MR) is 92.5 cm³/mol. The summed E-state index contributed by atoms with van der Waals surface area (Å²) < 4.78 is 0.433. The molecule has 0 fully saturated rings. The number of nitrogens with zero attached hydrogens (tertiary/aromatic N) is 2. The standard InChI is InChI=1S/C14H12BrClN4O2S/c1-2-23-14-17-7-9(15)11(18-14)13(22)20-19-12(21)8-5-3-4-6-10(8)16/h3-7H,2H2,1H3,(H,19,21)(H,20,22). The molecule has 0 aliphatic heterocycles. The zero-order chi connectivity index (χ0) is 16.8. The molecule has 2 rings (SSSR count). The van der Waals surface area contributed by atoms with Crippen molar-refractivity contribution in [1.82, 2.24) is 20.8 Å². The first-order valence-electron chi connectivity index (χ1n) is 6.53. The van der Waals surface area contributed by atoms with Gasteiger partial charge in [-0.05, 0) is 33.8 Å². The van der Waals surface area contributed by atoms with Crippen LogP contribution in [0.5, 0.6) is 0 Å². The van der Waals surface area contributed by atoms with Gasteiger partial charge in [0.25, 0.3) is 11.8 Å². The highest BCUT2D eigenvalue weighted by Crippen LogP contribution is 2.18. The van der Waals surface area contributed by atoms with E-state index in [-0.39, 0.29) is 11.3 Å². The first-order valence-corrected chi connectivity index (χ1v) is 8.69. The topological polar surface area (TPSA) is 84.0 Å². The van der Waals surface area contributed by atoms with Gasteiger partial charge in [0.05, 0.1) is 15.1 Å². The monoisotopic (exact) mass is 414 g/mol. The van der Waals surface area contributed by atoms with Gasteiger partial charge in [-0.25, -0.2) is 9.97 Å². The predicted octanol–water partition coefficient (Wildman–Crippen LogP) is 3.08. The minimum absolute atomic E-state index is 0.135. The molecule has 0 atom stereocenters. The van der Waals surface area contributed by atoms with Crippen LogP contribution in [0.25, 0.3) is 0 Å². The van der Waals surface area contributed by atoms with E-state index in [1.807, 2.05) is 6.92 Å². The maximum absolute atomic E-state index is 12.2. The van der Waals surface area contributed by atoms with E-state index in [1.54, 1.807) is 24.3 Å². The molecule has 23 heavy (non-hydrogen) atoms. The summed E-state index contributed by atoms with van der Waals surface area (Å²) in [5, 5.41) is 0.780. The van der Waals surface area contributed by atoms with E-state index in [4.69, 9.17) is 11.6 Å². The third-order valence-corrected chi connectivity index (χ3v) is 4.27. The number of hydrogen-bond donors (Lipinski definition) is 2. The summed E-state index contributed by atoms with van der Waals surface area (Å²) in [6, 6.07) is 6.54. The fraction of sp³-hybridized carbons (Fsp3) is 0.143. The number of carbonyl (C=O) groups is 2. The lowest BCUT2D eigenvalue weighted by molar-refractivity contribution is 0.0843. The molecule has 0 saturated carbocycles. The number of hydrogen-bond acceptors (Lipinski definition) is 5. The second kappa shape index (κ2) is 8.28. The molecule has 6 nitrogen and oxygen atoms in total. The molecule has 120 valence electrons. The smallest absolute Gasteiger partial charge is 0.267 e. The van der Waals surface area contributed by atoms with Gasteiger partial charge >= 0.3 is 0 Å². The first-order chi connectivity index (χ1) is 11.0. The summed E-state index contributed by atoms with van der Waals surface area (Å²) in [6.07, 6.45) is 1.50. The van der Waals surface area contributed by atoms with E-state index in [9.17, 15) is 9.59 Å². The lowest BCUT2D eigenvalue weighted by Crippen LogP contribution is -2.42. The summed E-state index contributed by atoms with van der Waals surface area (Å²) in [5.74, 6) is -0.290. The molecule has 1 heterocycles. The van der Waals surface area contributed by atoms with Crippen LogP contribution in [0.3, 0.4) is 0 Å². The summed E-state index contributed by atoms with van der Waals surface area (Å²) in [5.41, 5.74) is 5.01. The van der Waals surface area contributed by atoms with Crippen LogP contribution < -0.4 is 10.9 Å². The normalized spacial score (nSPS) is 10.2. The van der Waals surface area contributed by atoms with Crippen LogP contribution in [-0.2, 0) is 0 Å². The zero-order valence-electron chi connectivity index (χ0n) is 12.0. The Hall–Kier alpha value is -1.64. The summed E-state index contributed by atoms with van der Waals surface area (Å²) in [7, 11) is 0. The Balaban J connectivity index is 2.06. The summed E-state index contributed by atoms with van der Waals surface area (Å²) >= 11 is 10.6. The van der Waals surface area contributed by atoms with Crippen molar-refractivity contribution in [2.24, 2.45) is 0 Å². The van der Waals surface area contributed by atoms with Gasteiger partial charge in [0.2, 0.25) is 0 Å². The lowest BCUT2D eigenvalue weighted by Gasteiger charge is -2.09. The van der Waals surface area contributed by atoms with Gasteiger partial charge in [-0.15, -0.1) is 0 Å². The fourth-order valence-electron chi connectivity index (χ4n) is 1.59. The van der Waals surface area contributed by atoms with Gasteiger partial charge in [-0.1, -0.05) is 42.4 Å². The number of rotatable bonds is 4. The van der Waals surface area contributed by atoms with Crippen LogP contribution in [0, 0.1) is 0 Å². The lowest BCUT2D eigenvalue weighted by atomic mass is 10.2. The Kier molecular flexibility index (Phi) is 6.37. The molecule has 0 radical (unpaired) electrons. The molecule has 2 N–H and O–H groups in total. The number of halogens is 2. The van der Waals surface area contributed by atoms with Crippen molar-refractivity contribution in [1.29, 1.82) is 0 Å². The van der Waals surface area contributed by atoms with Crippen LogP contribution in [-0.4, -0.2) is 27.5 Å². The number of nitrogens with one attached hydrogen (secondary N) is 2. The molecule has 2 amide bonds. The van der Waals surface area contributed by atoms with E-state index >= 15 is 0 Å². The maximum atomic E-state index is 12.2. The first kappa shape index (κ1) is 17.7. The highest BCUT2D eigenvalue weighted by Gasteiger charge is 2.16. The minimum Gasteiger partial charge on any atom is -0.267 e. The van der Waals surface area contributed by atoms with Gasteiger partial charge in [0.1, 0.15) is 5.69 Å². The molecule has 1 aromatic carbocycles. The molecule has 1 aromatic heterocycles. The Bertz CT molecular complexity index is 744. The van der Waals surface area contributed by atoms with Crippen molar-refractivity contribution in [2.45, 2.75) is 12.1 Å². The SMILES string of the molecule is CCSc1ncc(Br)c(C(=O)NNC(=O)c2ccccc2Cl)n1. The van der Waals surface area contributed by atoms with Crippen molar-refractivity contribution in [2.75, 3.05) is 5.75 Å². The van der Waals surface area contributed by atoms with Crippen LogP contribution in [0.15, 0.2) is 40.1 Å². The minimum atomic E-state index is -0.558. The average Bonchev–Trinajstić information content (AvgIpc) is 2.54. The van der Waals surface area contributed by atoms with Crippen molar-refractivity contribution in [3.63, 3.8) is 0 Å². The number of aromatic nitrogens is 2. The van der Waals surface area contributed by atoms with Crippen molar-refractivity contribution in [3.05, 3.63) is 51.2 Å². The van der Waals surface area contributed by atoms with E-state index in [2.05, 4.69) is 36.7 Å². The second-order valence-electron chi connectivity index (χ2n) is 4.17. The molecule has 0 aliphatic carbocycles. The molecular formula is C14H12BrClN4O2S. The fourth-order valence-corrected chi connectivity index (χ4v) is 2.73. The third-order valence-electron chi connectivity index (χ3n) is 2.62. The number of hydrazine groups is 1. The summed E-state index contributed by atoms with van der Waals surface area (Å²) in [4.78, 5) is 32.4. The number of benzene rings is 1. The van der Waals surface area contributed by atoms with Crippen LogP contribution in [0.1, 0.15) is 27.8 Å². The molecule has 9 heteroatoms. The number of amides is 2. The third kappa shape index (κ3) is 4.66. The Morgan fingerprint density at radius 2 is 1.96 bits per heavy atom. The molecule has 0 bridgehead atoms. The largest absolute Gasteiger partial charge is 0.289 e. The van der Waals surface area contributed by atoms with Gasteiger partial charge in [-0.2, -0.15) is 0 Å². The van der Waals surface area contributed by atoms with Gasteiger partial charge in [-0.3, -0.25) is 20.4 Å². The average molecular weight is 416 g/mol. The highest BCUT2D eigenvalue weighted by atomic mass is 79.9. The van der Waals surface area contributed by atoms with Gasteiger partial charge in [0.15, 0.2) is 5.16 Å². The number of carbonyl (C=O) groups excluding carboxylic acids is 2. The zero-order valence-corrected chi connectivity index (χ0v) is 15.1. The van der Waals surface area contributed by atoms with Crippen molar-refractivity contribution < 1.29 is 9.59 Å². The van der Waals surface area contributed by atoms with E-state index < -0.39 is 11.8 Å². The Morgan fingerprint density at radius 1 is 1.26 bits per heavy atom. The molecule has 0 unspecified atom stereocenters. The number of thioether (sulfide) groups is 1. The van der Waals surface area contributed by atoms with Crippen LogP contribution in [0.2, 0.25) is 5.02 Å². The quantitative estimate of drug-likeness (QED) is 0.455. The Morgan fingerprint density at radius 3 is 2.65 bits per heavy atom. The summed E-state index contributed by atoms with van der Waals surface area (Å²) in [6.45, 7) is 1.96. The van der Waals surface area contributed by atoms with E-state index in [1.165, 1.54) is 18.0 Å². The molecule has 0 spiro atoms. The van der Waals surface area contributed by atoms with Crippen molar-refractivity contribution in [3.8, 4) is 0 Å². The molecule has 0 saturated heterocycles. The maximum Gasteiger partial charge on any atom is 0.289 e. The second-order valence-corrected chi connectivity index (χ2v) is 6.66. The molecule has 0 aliphatic rings. The van der Waals surface area contributed by atoms with E-state index in [0.717, 1.165) is 5.75 Å². The molecular weight excluding hydrogens is 404 g/mol. The van der Waals surface area contributed by atoms with Crippen LogP contribution in [0.4, 0.5) is 0 Å². The molecule has 2 aromatic rings. The van der Waals surface area contributed by atoms with E-state index in [0.29, 0.717) is 14.7 Å². The van der Waals surface area contributed by atoms with Gasteiger partial charge in [0, 0.05) is 6.20 Å². The highest BCUT2D eigenvalue weighted by molar-refractivity contribution is 9.10.